The van der Waals surface area contributed by atoms with E-state index in [2.05, 4.69) is 25.1 Å². The summed E-state index contributed by atoms with van der Waals surface area (Å²) in [7, 11) is 1.71. The summed E-state index contributed by atoms with van der Waals surface area (Å²) in [5.41, 5.74) is 1.32. The summed E-state index contributed by atoms with van der Waals surface area (Å²) in [6.45, 7) is 5.98. The van der Waals surface area contributed by atoms with Crippen molar-refractivity contribution < 1.29 is 4.74 Å². The molecule has 13 heavy (non-hydrogen) atoms. The Morgan fingerprint density at radius 1 is 1.62 bits per heavy atom. The molecule has 1 aromatic rings. The van der Waals surface area contributed by atoms with Gasteiger partial charge in [0.25, 0.3) is 0 Å². The zero-order chi connectivity index (χ0) is 9.68. The molecule has 0 radical (unpaired) electrons. The van der Waals surface area contributed by atoms with Gasteiger partial charge in [-0.1, -0.05) is 13.8 Å². The summed E-state index contributed by atoms with van der Waals surface area (Å²) in [4.78, 5) is 0. The van der Waals surface area contributed by atoms with Crippen molar-refractivity contribution in [2.24, 2.45) is 0 Å². The lowest BCUT2D eigenvalue weighted by Gasteiger charge is -2.03. The Morgan fingerprint density at radius 3 is 3.00 bits per heavy atom. The van der Waals surface area contributed by atoms with Gasteiger partial charge in [0.05, 0.1) is 19.3 Å². The van der Waals surface area contributed by atoms with Crippen molar-refractivity contribution in [2.75, 3.05) is 13.7 Å². The smallest absolute Gasteiger partial charge is 0.0658 e. The summed E-state index contributed by atoms with van der Waals surface area (Å²) in [6, 6.07) is 0. The van der Waals surface area contributed by atoms with Crippen LogP contribution >= 0.6 is 0 Å². The second-order valence-corrected chi connectivity index (χ2v) is 3.34. The third kappa shape index (κ3) is 2.84. The number of hydrogen-bond acceptors (Lipinski definition) is 2. The minimum absolute atomic E-state index is 0.608. The minimum Gasteiger partial charge on any atom is -0.383 e. The Hall–Kier alpha value is -0.830. The molecule has 0 N–H and O–H groups in total. The van der Waals surface area contributed by atoms with Crippen LogP contribution < -0.4 is 0 Å². The molecule has 0 aliphatic heterocycles. The Bertz CT molecular complexity index is 245. The van der Waals surface area contributed by atoms with Gasteiger partial charge >= 0.3 is 0 Å². The summed E-state index contributed by atoms with van der Waals surface area (Å²) >= 11 is 0. The third-order valence-corrected chi connectivity index (χ3v) is 2.36. The van der Waals surface area contributed by atoms with Gasteiger partial charge in [-0.3, -0.25) is 4.68 Å². The molecular weight excluding hydrogens is 164 g/mol. The molecule has 74 valence electrons. The van der Waals surface area contributed by atoms with Gasteiger partial charge in [-0.15, -0.1) is 0 Å². The molecule has 0 aliphatic rings. The zero-order valence-electron chi connectivity index (χ0n) is 8.66. The highest BCUT2D eigenvalue weighted by Gasteiger charge is 2.04. The summed E-state index contributed by atoms with van der Waals surface area (Å²) in [6.07, 6.45) is 5.22. The second kappa shape index (κ2) is 5.02. The molecular formula is C10H18N2O. The summed E-state index contributed by atoms with van der Waals surface area (Å²) < 4.78 is 6.92. The Morgan fingerprint density at radius 2 is 2.38 bits per heavy atom. The van der Waals surface area contributed by atoms with Crippen molar-refractivity contribution in [1.82, 2.24) is 9.78 Å². The first-order chi connectivity index (χ1) is 6.27. The standard InChI is InChI=1S/C10H18N2O/c1-4-9(2)10-7-11-12(8-10)5-6-13-3/h7-9H,4-6H2,1-3H3. The lowest BCUT2D eigenvalue weighted by molar-refractivity contribution is 0.183. The van der Waals surface area contributed by atoms with Crippen LogP contribution in [0.3, 0.4) is 0 Å². The van der Waals surface area contributed by atoms with Crippen LogP contribution in [0.2, 0.25) is 0 Å². The van der Waals surface area contributed by atoms with Crippen molar-refractivity contribution in [3.8, 4) is 0 Å². The number of nitrogens with zero attached hydrogens (tertiary/aromatic N) is 2. The minimum atomic E-state index is 0.608. The average Bonchev–Trinajstić information content (AvgIpc) is 2.62. The van der Waals surface area contributed by atoms with Crippen molar-refractivity contribution in [1.29, 1.82) is 0 Å². The predicted octanol–water partition coefficient (Wildman–Crippen LogP) is 2.04. The molecule has 1 heterocycles. The van der Waals surface area contributed by atoms with Crippen LogP contribution in [0.5, 0.6) is 0 Å². The molecule has 0 aliphatic carbocycles. The largest absolute Gasteiger partial charge is 0.383 e. The summed E-state index contributed by atoms with van der Waals surface area (Å²) in [5.74, 6) is 0.608. The van der Waals surface area contributed by atoms with Gasteiger partial charge in [0, 0.05) is 13.3 Å². The predicted molar refractivity (Wildman–Crippen MR) is 52.8 cm³/mol. The van der Waals surface area contributed by atoms with Crippen molar-refractivity contribution in [2.45, 2.75) is 32.7 Å². The first-order valence-electron chi connectivity index (χ1n) is 4.79. The topological polar surface area (TPSA) is 27.1 Å². The average molecular weight is 182 g/mol. The van der Waals surface area contributed by atoms with E-state index in [1.807, 2.05) is 10.9 Å². The first kappa shape index (κ1) is 10.3. The van der Waals surface area contributed by atoms with Crippen LogP contribution in [-0.2, 0) is 11.3 Å². The van der Waals surface area contributed by atoms with E-state index in [-0.39, 0.29) is 0 Å². The van der Waals surface area contributed by atoms with E-state index < -0.39 is 0 Å². The van der Waals surface area contributed by atoms with Gasteiger partial charge in [0.15, 0.2) is 0 Å². The van der Waals surface area contributed by atoms with Gasteiger partial charge in [0.1, 0.15) is 0 Å². The first-order valence-corrected chi connectivity index (χ1v) is 4.79. The second-order valence-electron chi connectivity index (χ2n) is 3.34. The zero-order valence-corrected chi connectivity index (χ0v) is 8.66. The fraction of sp³-hybridized carbons (Fsp3) is 0.700. The molecule has 0 bridgehead atoms. The van der Waals surface area contributed by atoms with Crippen LogP contribution in [0.15, 0.2) is 12.4 Å². The number of methoxy groups -OCH3 is 1. The van der Waals surface area contributed by atoms with Crippen LogP contribution in [0.25, 0.3) is 0 Å². The Balaban J connectivity index is 2.53. The maximum atomic E-state index is 4.98. The molecule has 0 spiro atoms. The molecule has 1 aromatic heterocycles. The van der Waals surface area contributed by atoms with Gasteiger partial charge in [-0.25, -0.2) is 0 Å². The number of rotatable bonds is 5. The highest BCUT2D eigenvalue weighted by Crippen LogP contribution is 2.16. The van der Waals surface area contributed by atoms with E-state index in [9.17, 15) is 0 Å². The van der Waals surface area contributed by atoms with Crippen LogP contribution in [0.1, 0.15) is 31.7 Å². The number of ether oxygens (including phenoxy) is 1. The molecule has 0 fully saturated rings. The third-order valence-electron chi connectivity index (χ3n) is 2.36. The summed E-state index contributed by atoms with van der Waals surface area (Å²) in [5, 5.41) is 4.26. The molecule has 0 saturated carbocycles. The molecule has 0 saturated heterocycles. The SMILES string of the molecule is CCC(C)c1cnn(CCOC)c1. The van der Waals surface area contributed by atoms with E-state index >= 15 is 0 Å². The van der Waals surface area contributed by atoms with Crippen LogP contribution in [-0.4, -0.2) is 23.5 Å². The Labute approximate surface area is 79.7 Å². The van der Waals surface area contributed by atoms with E-state index in [1.165, 1.54) is 5.56 Å². The molecule has 3 nitrogen and oxygen atoms in total. The van der Waals surface area contributed by atoms with Gasteiger partial charge in [-0.05, 0) is 17.9 Å². The molecule has 1 rings (SSSR count). The fourth-order valence-electron chi connectivity index (χ4n) is 1.18. The molecule has 0 amide bonds. The van der Waals surface area contributed by atoms with Crippen LogP contribution in [0, 0.1) is 0 Å². The lowest BCUT2D eigenvalue weighted by Crippen LogP contribution is -2.04. The lowest BCUT2D eigenvalue weighted by atomic mass is 10.0. The Kier molecular flexibility index (Phi) is 3.96. The monoisotopic (exact) mass is 182 g/mol. The van der Waals surface area contributed by atoms with E-state index in [0.29, 0.717) is 5.92 Å². The van der Waals surface area contributed by atoms with Gasteiger partial charge in [-0.2, -0.15) is 5.10 Å². The molecule has 3 heteroatoms. The van der Waals surface area contributed by atoms with Crippen molar-refractivity contribution in [3.05, 3.63) is 18.0 Å². The van der Waals surface area contributed by atoms with Gasteiger partial charge < -0.3 is 4.74 Å². The highest BCUT2D eigenvalue weighted by atomic mass is 16.5. The maximum Gasteiger partial charge on any atom is 0.0658 e. The maximum absolute atomic E-state index is 4.98. The molecule has 1 atom stereocenters. The van der Waals surface area contributed by atoms with E-state index in [4.69, 9.17) is 4.74 Å². The van der Waals surface area contributed by atoms with Crippen molar-refractivity contribution in [3.63, 3.8) is 0 Å². The van der Waals surface area contributed by atoms with E-state index in [1.54, 1.807) is 7.11 Å². The van der Waals surface area contributed by atoms with Gasteiger partial charge in [0.2, 0.25) is 0 Å². The molecule has 1 unspecified atom stereocenters. The van der Waals surface area contributed by atoms with Crippen LogP contribution in [0.4, 0.5) is 0 Å². The number of hydrogen-bond donors (Lipinski definition) is 0. The van der Waals surface area contributed by atoms with E-state index in [0.717, 1.165) is 19.6 Å². The van der Waals surface area contributed by atoms with Crippen molar-refractivity contribution >= 4 is 0 Å². The quantitative estimate of drug-likeness (QED) is 0.696. The highest BCUT2D eigenvalue weighted by molar-refractivity contribution is 5.09. The molecule has 0 aromatic carbocycles. The normalized spacial score (nSPS) is 13.2. The number of aromatic nitrogens is 2. The fourth-order valence-corrected chi connectivity index (χ4v) is 1.18.